The van der Waals surface area contributed by atoms with Crippen molar-refractivity contribution >= 4 is 17.4 Å². The molecule has 0 radical (unpaired) electrons. The fraction of sp³-hybridized carbons (Fsp3) is 0.235. The zero-order valence-corrected chi connectivity index (χ0v) is 11.7. The molecular formula is C17H14ClFO. The maximum absolute atomic E-state index is 13.0. The van der Waals surface area contributed by atoms with E-state index < -0.39 is 0 Å². The minimum atomic E-state index is -0.377. The number of ketones is 1. The van der Waals surface area contributed by atoms with Crippen molar-refractivity contribution in [3.63, 3.8) is 0 Å². The van der Waals surface area contributed by atoms with E-state index >= 15 is 0 Å². The minimum Gasteiger partial charge on any atom is -0.299 e. The van der Waals surface area contributed by atoms with Gasteiger partial charge in [0.15, 0.2) is 0 Å². The molecular weight excluding hydrogens is 275 g/mol. The van der Waals surface area contributed by atoms with Crippen LogP contribution in [-0.4, -0.2) is 5.78 Å². The first-order valence-corrected chi connectivity index (χ1v) is 7.07. The van der Waals surface area contributed by atoms with Crippen LogP contribution in [0, 0.1) is 5.82 Å². The van der Waals surface area contributed by atoms with Crippen LogP contribution in [0.5, 0.6) is 0 Å². The highest BCUT2D eigenvalue weighted by Gasteiger charge is 2.28. The number of hydrogen-bond donors (Lipinski definition) is 0. The molecule has 3 rings (SSSR count). The topological polar surface area (TPSA) is 17.1 Å². The van der Waals surface area contributed by atoms with Gasteiger partial charge in [0, 0.05) is 17.4 Å². The molecule has 1 aliphatic rings. The van der Waals surface area contributed by atoms with Gasteiger partial charge in [0.05, 0.1) is 0 Å². The summed E-state index contributed by atoms with van der Waals surface area (Å²) in [5, 5.41) is 0.324. The summed E-state index contributed by atoms with van der Waals surface area (Å²) in [5.41, 5.74) is 3.09. The van der Waals surface area contributed by atoms with E-state index in [4.69, 9.17) is 11.6 Å². The fourth-order valence-corrected chi connectivity index (χ4v) is 3.10. The quantitative estimate of drug-likeness (QED) is 0.822. The predicted molar refractivity (Wildman–Crippen MR) is 77.6 cm³/mol. The van der Waals surface area contributed by atoms with E-state index in [1.165, 1.54) is 17.7 Å². The summed E-state index contributed by atoms with van der Waals surface area (Å²) in [6.45, 7) is 0. The lowest BCUT2D eigenvalue weighted by molar-refractivity contribution is -0.119. The second kappa shape index (κ2) is 5.37. The van der Waals surface area contributed by atoms with Crippen molar-refractivity contribution < 1.29 is 9.18 Å². The van der Waals surface area contributed by atoms with Crippen molar-refractivity contribution in [3.8, 4) is 0 Å². The smallest absolute Gasteiger partial charge is 0.144 e. The SMILES string of the molecule is O=C(Cc1ccc(F)cc1Cl)C1CCc2ccccc21. The molecule has 0 N–H and O–H groups in total. The minimum absolute atomic E-state index is 0.0488. The van der Waals surface area contributed by atoms with Crippen LogP contribution >= 0.6 is 11.6 Å². The molecule has 1 aliphatic carbocycles. The second-order valence-corrected chi connectivity index (χ2v) is 5.58. The Balaban J connectivity index is 1.81. The van der Waals surface area contributed by atoms with Crippen LogP contribution in [0.1, 0.15) is 29.0 Å². The van der Waals surface area contributed by atoms with Crippen LogP contribution in [0.4, 0.5) is 4.39 Å². The normalized spacial score (nSPS) is 17.0. The van der Waals surface area contributed by atoms with Gasteiger partial charge in [-0.05, 0) is 41.7 Å². The molecule has 0 aromatic heterocycles. The van der Waals surface area contributed by atoms with E-state index in [2.05, 4.69) is 6.07 Å². The lowest BCUT2D eigenvalue weighted by atomic mass is 9.92. The number of rotatable bonds is 3. The average molecular weight is 289 g/mol. The molecule has 1 atom stereocenters. The Labute approximate surface area is 122 Å². The molecule has 102 valence electrons. The number of fused-ring (bicyclic) bond motifs is 1. The van der Waals surface area contributed by atoms with Gasteiger partial charge >= 0.3 is 0 Å². The summed E-state index contributed by atoms with van der Waals surface area (Å²) >= 11 is 5.99. The van der Waals surface area contributed by atoms with E-state index in [0.29, 0.717) is 10.6 Å². The third-order valence-corrected chi connectivity index (χ3v) is 4.25. The molecule has 0 amide bonds. The average Bonchev–Trinajstić information content (AvgIpc) is 2.86. The lowest BCUT2D eigenvalue weighted by Gasteiger charge is -2.11. The monoisotopic (exact) mass is 288 g/mol. The van der Waals surface area contributed by atoms with Gasteiger partial charge in [0.2, 0.25) is 0 Å². The van der Waals surface area contributed by atoms with E-state index in [9.17, 15) is 9.18 Å². The molecule has 0 fully saturated rings. The molecule has 0 aliphatic heterocycles. The lowest BCUT2D eigenvalue weighted by Crippen LogP contribution is -2.13. The molecule has 1 unspecified atom stereocenters. The summed E-state index contributed by atoms with van der Waals surface area (Å²) < 4.78 is 13.0. The standard InChI is InChI=1S/C17H14ClFO/c18-16-10-13(19)7-5-12(16)9-17(20)15-8-6-11-3-1-2-4-14(11)15/h1-5,7,10,15H,6,8-9H2. The highest BCUT2D eigenvalue weighted by molar-refractivity contribution is 6.31. The van der Waals surface area contributed by atoms with E-state index in [1.807, 2.05) is 18.2 Å². The van der Waals surface area contributed by atoms with Crippen LogP contribution in [0.15, 0.2) is 42.5 Å². The highest BCUT2D eigenvalue weighted by Crippen LogP contribution is 2.34. The van der Waals surface area contributed by atoms with E-state index in [1.54, 1.807) is 6.07 Å². The summed E-state index contributed by atoms with van der Waals surface area (Å²) in [4.78, 5) is 12.5. The predicted octanol–water partition coefficient (Wildman–Crippen LogP) is 4.32. The molecule has 0 bridgehead atoms. The van der Waals surface area contributed by atoms with Gasteiger partial charge in [0.25, 0.3) is 0 Å². The number of halogens is 2. The maximum atomic E-state index is 13.0. The third-order valence-electron chi connectivity index (χ3n) is 3.90. The summed E-state index contributed by atoms with van der Waals surface area (Å²) in [5.74, 6) is -0.270. The second-order valence-electron chi connectivity index (χ2n) is 5.17. The molecule has 1 nitrogen and oxygen atoms in total. The molecule has 0 saturated heterocycles. The Hall–Kier alpha value is -1.67. The van der Waals surface area contributed by atoms with E-state index in [-0.39, 0.29) is 23.9 Å². The number of hydrogen-bond acceptors (Lipinski definition) is 1. The van der Waals surface area contributed by atoms with Crippen molar-refractivity contribution in [2.45, 2.75) is 25.2 Å². The molecule has 0 saturated carbocycles. The van der Waals surface area contributed by atoms with Gasteiger partial charge in [-0.25, -0.2) is 4.39 Å². The third kappa shape index (κ3) is 2.48. The van der Waals surface area contributed by atoms with Crippen LogP contribution in [-0.2, 0) is 17.6 Å². The number of benzene rings is 2. The molecule has 20 heavy (non-hydrogen) atoms. The zero-order chi connectivity index (χ0) is 14.1. The number of carbonyl (C=O) groups is 1. The van der Waals surface area contributed by atoms with Crippen molar-refractivity contribution in [2.24, 2.45) is 0 Å². The van der Waals surface area contributed by atoms with Crippen LogP contribution in [0.25, 0.3) is 0 Å². The van der Waals surface area contributed by atoms with Gasteiger partial charge in [-0.1, -0.05) is 41.9 Å². The molecule has 2 aromatic rings. The van der Waals surface area contributed by atoms with Crippen molar-refractivity contribution in [2.75, 3.05) is 0 Å². The molecule has 2 aromatic carbocycles. The van der Waals surface area contributed by atoms with Gasteiger partial charge in [-0.15, -0.1) is 0 Å². The van der Waals surface area contributed by atoms with Crippen molar-refractivity contribution in [1.29, 1.82) is 0 Å². The van der Waals surface area contributed by atoms with Crippen LogP contribution in [0.3, 0.4) is 0 Å². The maximum Gasteiger partial charge on any atom is 0.144 e. The Morgan fingerprint density at radius 2 is 2.05 bits per heavy atom. The first-order valence-electron chi connectivity index (χ1n) is 6.69. The number of Topliss-reactive ketones (excluding diaryl/α,β-unsaturated/α-hetero) is 1. The fourth-order valence-electron chi connectivity index (χ4n) is 2.87. The summed E-state index contributed by atoms with van der Waals surface area (Å²) in [6.07, 6.45) is 2.07. The molecule has 0 spiro atoms. The van der Waals surface area contributed by atoms with Gasteiger partial charge in [-0.3, -0.25) is 4.79 Å². The Morgan fingerprint density at radius 1 is 1.25 bits per heavy atom. The van der Waals surface area contributed by atoms with Gasteiger partial charge < -0.3 is 0 Å². The summed E-state index contributed by atoms with van der Waals surface area (Å²) in [7, 11) is 0. The Kier molecular flexibility index (Phi) is 3.58. The number of carbonyl (C=O) groups excluding carboxylic acids is 1. The van der Waals surface area contributed by atoms with Gasteiger partial charge in [-0.2, -0.15) is 0 Å². The highest BCUT2D eigenvalue weighted by atomic mass is 35.5. The number of aryl methyl sites for hydroxylation is 1. The molecule has 0 heterocycles. The summed E-state index contributed by atoms with van der Waals surface area (Å²) in [6, 6.07) is 12.3. The van der Waals surface area contributed by atoms with Crippen molar-refractivity contribution in [1.82, 2.24) is 0 Å². The Morgan fingerprint density at radius 3 is 2.85 bits per heavy atom. The first kappa shape index (κ1) is 13.3. The van der Waals surface area contributed by atoms with E-state index in [0.717, 1.165) is 18.4 Å². The molecule has 3 heteroatoms. The first-order chi connectivity index (χ1) is 9.65. The van der Waals surface area contributed by atoms with Crippen molar-refractivity contribution in [3.05, 3.63) is 70.0 Å². The van der Waals surface area contributed by atoms with Gasteiger partial charge in [0.1, 0.15) is 11.6 Å². The van der Waals surface area contributed by atoms with Crippen LogP contribution < -0.4 is 0 Å². The largest absolute Gasteiger partial charge is 0.299 e. The Bertz CT molecular complexity index is 666. The van der Waals surface area contributed by atoms with Crippen LogP contribution in [0.2, 0.25) is 5.02 Å². The zero-order valence-electron chi connectivity index (χ0n) is 10.9.